The van der Waals surface area contributed by atoms with Crippen LogP contribution in [0.25, 0.3) is 0 Å². The number of phenolic OH excluding ortho intramolecular Hbond substituents is 1. The molecule has 0 fully saturated rings. The Labute approximate surface area is 151 Å². The van der Waals surface area contributed by atoms with Crippen molar-refractivity contribution in [2.75, 3.05) is 14.2 Å². The van der Waals surface area contributed by atoms with Crippen LogP contribution in [0.3, 0.4) is 0 Å². The number of ether oxygens (including phenoxy) is 2. The van der Waals surface area contributed by atoms with E-state index in [1.54, 1.807) is 20.3 Å². The summed E-state index contributed by atoms with van der Waals surface area (Å²) in [6, 6.07) is 13.9. The van der Waals surface area contributed by atoms with E-state index < -0.39 is 0 Å². The van der Waals surface area contributed by atoms with Gasteiger partial charge in [-0.1, -0.05) is 38.1 Å². The van der Waals surface area contributed by atoms with Gasteiger partial charge in [-0.2, -0.15) is 0 Å². The minimum Gasteiger partial charge on any atom is -0.504 e. The highest BCUT2D eigenvalue weighted by molar-refractivity contribution is 5.41. The van der Waals surface area contributed by atoms with E-state index in [-0.39, 0.29) is 5.75 Å². The molecule has 0 amide bonds. The third-order valence-corrected chi connectivity index (χ3v) is 3.94. The summed E-state index contributed by atoms with van der Waals surface area (Å²) in [7, 11) is 3.26. The van der Waals surface area contributed by atoms with E-state index in [4.69, 9.17) is 9.47 Å². The van der Waals surface area contributed by atoms with Gasteiger partial charge in [0.15, 0.2) is 11.5 Å². The fourth-order valence-corrected chi connectivity index (χ4v) is 2.50. The van der Waals surface area contributed by atoms with Crippen molar-refractivity contribution in [1.29, 1.82) is 0 Å². The summed E-state index contributed by atoms with van der Waals surface area (Å²) in [5, 5.41) is 13.1. The normalized spacial score (nSPS) is 11.2. The molecule has 0 aliphatic rings. The number of benzene rings is 2. The van der Waals surface area contributed by atoms with Crippen LogP contribution >= 0.6 is 0 Å². The zero-order valence-electron chi connectivity index (χ0n) is 16.0. The van der Waals surface area contributed by atoms with Crippen LogP contribution in [0.2, 0.25) is 0 Å². The van der Waals surface area contributed by atoms with Gasteiger partial charge in [0.1, 0.15) is 5.75 Å². The minimum absolute atomic E-state index is 0.179. The quantitative estimate of drug-likeness (QED) is 0.737. The third kappa shape index (κ3) is 6.67. The summed E-state index contributed by atoms with van der Waals surface area (Å²) < 4.78 is 10.5. The predicted molar refractivity (Wildman–Crippen MR) is 104 cm³/mol. The average molecular weight is 345 g/mol. The van der Waals surface area contributed by atoms with Crippen molar-refractivity contribution < 1.29 is 14.6 Å². The fraction of sp³-hybridized carbons (Fsp3) is 0.429. The van der Waals surface area contributed by atoms with E-state index in [1.165, 1.54) is 0 Å². The second-order valence-electron chi connectivity index (χ2n) is 5.64. The molecule has 0 saturated carbocycles. The van der Waals surface area contributed by atoms with Crippen LogP contribution in [0.15, 0.2) is 42.5 Å². The molecule has 0 saturated heterocycles. The van der Waals surface area contributed by atoms with E-state index in [0.29, 0.717) is 11.8 Å². The van der Waals surface area contributed by atoms with E-state index in [9.17, 15) is 5.11 Å². The van der Waals surface area contributed by atoms with Gasteiger partial charge >= 0.3 is 0 Å². The zero-order chi connectivity index (χ0) is 18.7. The summed E-state index contributed by atoms with van der Waals surface area (Å²) in [4.78, 5) is 0. The van der Waals surface area contributed by atoms with Crippen LogP contribution < -0.4 is 14.8 Å². The monoisotopic (exact) mass is 345 g/mol. The first-order valence-corrected chi connectivity index (χ1v) is 8.85. The molecule has 1 unspecified atom stereocenters. The van der Waals surface area contributed by atoms with Crippen LogP contribution in [0, 0.1) is 0 Å². The third-order valence-electron chi connectivity index (χ3n) is 3.94. The Morgan fingerprint density at radius 2 is 1.68 bits per heavy atom. The molecule has 0 aliphatic carbocycles. The van der Waals surface area contributed by atoms with Gasteiger partial charge in [-0.15, -0.1) is 0 Å². The van der Waals surface area contributed by atoms with Crippen LogP contribution in [0.1, 0.15) is 38.3 Å². The maximum absolute atomic E-state index is 9.62. The first-order valence-electron chi connectivity index (χ1n) is 8.85. The van der Waals surface area contributed by atoms with Gasteiger partial charge in [0.05, 0.1) is 14.2 Å². The number of para-hydroxylation sites is 1. The lowest BCUT2D eigenvalue weighted by Crippen LogP contribution is -2.26. The number of nitrogens with one attached hydrogen (secondary N) is 1. The Kier molecular flexibility index (Phi) is 9.48. The number of hydrogen-bond acceptors (Lipinski definition) is 4. The highest BCUT2D eigenvalue weighted by Crippen LogP contribution is 2.26. The van der Waals surface area contributed by atoms with Gasteiger partial charge in [-0.05, 0) is 43.5 Å². The van der Waals surface area contributed by atoms with Crippen molar-refractivity contribution in [1.82, 2.24) is 5.32 Å². The highest BCUT2D eigenvalue weighted by atomic mass is 16.5. The summed E-state index contributed by atoms with van der Waals surface area (Å²) >= 11 is 0. The van der Waals surface area contributed by atoms with Crippen molar-refractivity contribution in [3.8, 4) is 17.2 Å². The second-order valence-corrected chi connectivity index (χ2v) is 5.64. The van der Waals surface area contributed by atoms with Crippen molar-refractivity contribution in [3.05, 3.63) is 53.6 Å². The lowest BCUT2D eigenvalue weighted by molar-refractivity contribution is 0.372. The molecule has 25 heavy (non-hydrogen) atoms. The first-order chi connectivity index (χ1) is 12.1. The summed E-state index contributed by atoms with van der Waals surface area (Å²) in [5.74, 6) is 1.62. The number of methoxy groups -OCH3 is 2. The summed E-state index contributed by atoms with van der Waals surface area (Å²) in [6.07, 6.45) is 1.93. The molecule has 2 N–H and O–H groups in total. The molecule has 0 bridgehead atoms. The van der Waals surface area contributed by atoms with Gasteiger partial charge in [0.25, 0.3) is 0 Å². The van der Waals surface area contributed by atoms with Crippen molar-refractivity contribution in [2.24, 2.45) is 0 Å². The van der Waals surface area contributed by atoms with Crippen LogP contribution in [-0.2, 0) is 13.0 Å². The Bertz CT molecular complexity index is 628. The van der Waals surface area contributed by atoms with Crippen molar-refractivity contribution >= 4 is 0 Å². The largest absolute Gasteiger partial charge is 0.504 e. The molecule has 2 aromatic carbocycles. The lowest BCUT2D eigenvalue weighted by Gasteiger charge is -2.15. The number of phenols is 1. The lowest BCUT2D eigenvalue weighted by atomic mass is 10.1. The molecular formula is C21H31NO3. The van der Waals surface area contributed by atoms with E-state index in [0.717, 1.165) is 36.3 Å². The molecule has 0 aliphatic heterocycles. The molecule has 0 aromatic heterocycles. The first kappa shape index (κ1) is 20.8. The Morgan fingerprint density at radius 3 is 2.36 bits per heavy atom. The molecule has 4 nitrogen and oxygen atoms in total. The number of rotatable bonds is 8. The zero-order valence-corrected chi connectivity index (χ0v) is 16.0. The topological polar surface area (TPSA) is 50.7 Å². The fourth-order valence-electron chi connectivity index (χ4n) is 2.50. The van der Waals surface area contributed by atoms with Gasteiger partial charge in [-0.25, -0.2) is 0 Å². The Balaban J connectivity index is 0.00000151. The second kappa shape index (κ2) is 11.4. The number of aryl methyl sites for hydroxylation is 1. The number of hydrogen-bond donors (Lipinski definition) is 2. The minimum atomic E-state index is 0.179. The Morgan fingerprint density at radius 1 is 1.00 bits per heavy atom. The van der Waals surface area contributed by atoms with Crippen LogP contribution in [0.5, 0.6) is 17.2 Å². The maximum Gasteiger partial charge on any atom is 0.160 e. The van der Waals surface area contributed by atoms with Crippen molar-refractivity contribution in [2.45, 2.75) is 46.2 Å². The Hall–Kier alpha value is -2.20. The van der Waals surface area contributed by atoms with Gasteiger partial charge in [0, 0.05) is 18.2 Å². The van der Waals surface area contributed by atoms with Crippen molar-refractivity contribution in [3.63, 3.8) is 0 Å². The predicted octanol–water partition coefficient (Wildman–Crippen LogP) is 4.55. The SMILES string of the molecule is CC.COc1cc(CCC(C)NCc2ccccc2OC)ccc1O. The average Bonchev–Trinajstić information content (AvgIpc) is 2.67. The van der Waals surface area contributed by atoms with E-state index in [2.05, 4.69) is 18.3 Å². The molecular weight excluding hydrogens is 314 g/mol. The van der Waals surface area contributed by atoms with E-state index in [1.807, 2.05) is 44.2 Å². The summed E-state index contributed by atoms with van der Waals surface area (Å²) in [5.41, 5.74) is 2.32. The van der Waals surface area contributed by atoms with E-state index >= 15 is 0 Å². The molecule has 2 aromatic rings. The van der Waals surface area contributed by atoms with Gasteiger partial charge < -0.3 is 19.9 Å². The smallest absolute Gasteiger partial charge is 0.160 e. The molecule has 0 radical (unpaired) electrons. The molecule has 138 valence electrons. The molecule has 4 heteroatoms. The summed E-state index contributed by atoms with van der Waals surface area (Å²) in [6.45, 7) is 6.96. The molecule has 0 spiro atoms. The van der Waals surface area contributed by atoms with Gasteiger partial charge in [0.2, 0.25) is 0 Å². The highest BCUT2D eigenvalue weighted by Gasteiger charge is 2.07. The van der Waals surface area contributed by atoms with Crippen LogP contribution in [-0.4, -0.2) is 25.4 Å². The maximum atomic E-state index is 9.62. The molecule has 2 rings (SSSR count). The molecule has 1 atom stereocenters. The molecule has 0 heterocycles. The van der Waals surface area contributed by atoms with Crippen LogP contribution in [0.4, 0.5) is 0 Å². The standard InChI is InChI=1S/C19H25NO3.C2H6/c1-14(20-13-16-6-4-5-7-18(16)22-2)8-9-15-10-11-17(21)19(12-15)23-3;1-2/h4-7,10-12,14,20-21H,8-9,13H2,1-3H3;1-2H3. The number of aromatic hydroxyl groups is 1. The van der Waals surface area contributed by atoms with Gasteiger partial charge in [-0.3, -0.25) is 0 Å².